The molecule has 2 rings (SSSR count). The summed E-state index contributed by atoms with van der Waals surface area (Å²) >= 11 is 0. The highest BCUT2D eigenvalue weighted by Crippen LogP contribution is 2.33. The number of carbonyl (C=O) groups is 1. The monoisotopic (exact) mass is 311 g/mol. The van der Waals surface area contributed by atoms with Crippen molar-refractivity contribution < 1.29 is 17.9 Å². The lowest BCUT2D eigenvalue weighted by molar-refractivity contribution is -0.121. The van der Waals surface area contributed by atoms with Gasteiger partial charge in [-0.3, -0.25) is 9.52 Å². The van der Waals surface area contributed by atoms with Crippen LogP contribution < -0.4 is 9.46 Å². The van der Waals surface area contributed by atoms with Gasteiger partial charge in [-0.2, -0.15) is 0 Å². The van der Waals surface area contributed by atoms with E-state index in [-0.39, 0.29) is 12.5 Å². The average molecular weight is 311 g/mol. The third-order valence-electron chi connectivity index (χ3n) is 3.59. The van der Waals surface area contributed by atoms with Crippen LogP contribution in [-0.2, 0) is 14.8 Å². The quantitative estimate of drug-likeness (QED) is 0.903. The Bertz CT molecular complexity index is 624. The normalized spacial score (nSPS) is 19.0. The van der Waals surface area contributed by atoms with Crippen molar-refractivity contribution in [3.63, 3.8) is 0 Å². The number of carbonyl (C=O) groups excluding carboxylic acids is 1. The van der Waals surface area contributed by atoms with Gasteiger partial charge in [0.1, 0.15) is 18.3 Å². The van der Waals surface area contributed by atoms with Crippen LogP contribution in [-0.4, -0.2) is 26.2 Å². The van der Waals surface area contributed by atoms with Gasteiger partial charge in [-0.05, 0) is 25.3 Å². The van der Waals surface area contributed by atoms with E-state index in [9.17, 15) is 13.2 Å². The number of amides is 1. The first-order valence-corrected chi connectivity index (χ1v) is 8.63. The summed E-state index contributed by atoms with van der Waals surface area (Å²) in [7, 11) is -3.65. The molecule has 1 aliphatic heterocycles. The highest BCUT2D eigenvalue weighted by atomic mass is 32.2. The van der Waals surface area contributed by atoms with Crippen LogP contribution in [0.15, 0.2) is 24.3 Å². The summed E-state index contributed by atoms with van der Waals surface area (Å²) in [6.45, 7) is 5.71. The van der Waals surface area contributed by atoms with Crippen LogP contribution in [0.5, 0.6) is 5.75 Å². The summed E-state index contributed by atoms with van der Waals surface area (Å²) in [4.78, 5) is 12.2. The molecule has 1 aromatic rings. The van der Waals surface area contributed by atoms with Crippen molar-refractivity contribution in [2.24, 2.45) is 5.92 Å². The molecule has 0 spiro atoms. The molecule has 21 heavy (non-hydrogen) atoms. The minimum absolute atomic E-state index is 0.180. The summed E-state index contributed by atoms with van der Waals surface area (Å²) in [5, 5.41) is -0.598. The zero-order valence-corrected chi connectivity index (χ0v) is 13.3. The molecule has 0 bridgehead atoms. The third-order valence-corrected chi connectivity index (χ3v) is 5.33. The fraction of sp³-hybridized carbons (Fsp3) is 0.533. The van der Waals surface area contributed by atoms with Crippen LogP contribution in [0.25, 0.3) is 0 Å². The molecule has 0 fully saturated rings. The maximum absolute atomic E-state index is 12.2. The minimum atomic E-state index is -3.65. The predicted octanol–water partition coefficient (Wildman–Crippen LogP) is 2.04. The number of fused-ring (bicyclic) bond motifs is 1. The molecule has 5 nitrogen and oxygen atoms in total. The van der Waals surface area contributed by atoms with Gasteiger partial charge < -0.3 is 4.74 Å². The van der Waals surface area contributed by atoms with Crippen molar-refractivity contribution in [3.8, 4) is 5.75 Å². The molecular weight excluding hydrogens is 290 g/mol. The summed E-state index contributed by atoms with van der Waals surface area (Å²) in [6, 6.07) is 7.19. The Morgan fingerprint density at radius 3 is 2.67 bits per heavy atom. The molecule has 0 aromatic heterocycles. The zero-order chi connectivity index (χ0) is 15.6. The molecule has 116 valence electrons. The summed E-state index contributed by atoms with van der Waals surface area (Å²) in [6.07, 6.45) is 0.514. The second-order valence-electron chi connectivity index (χ2n) is 5.85. The average Bonchev–Trinajstić information content (AvgIpc) is 2.81. The Morgan fingerprint density at radius 2 is 2.00 bits per heavy atom. The van der Waals surface area contributed by atoms with E-state index in [0.717, 1.165) is 5.56 Å². The van der Waals surface area contributed by atoms with Crippen LogP contribution in [0.3, 0.4) is 0 Å². The van der Waals surface area contributed by atoms with Gasteiger partial charge in [0.2, 0.25) is 15.9 Å². The zero-order valence-electron chi connectivity index (χ0n) is 12.5. The highest BCUT2D eigenvalue weighted by molar-refractivity contribution is 7.90. The van der Waals surface area contributed by atoms with Gasteiger partial charge in [-0.1, -0.05) is 32.0 Å². The van der Waals surface area contributed by atoms with Crippen molar-refractivity contribution in [1.29, 1.82) is 0 Å². The molecule has 1 N–H and O–H groups in total. The Morgan fingerprint density at radius 1 is 1.33 bits per heavy atom. The smallest absolute Gasteiger partial charge is 0.244 e. The molecule has 1 aromatic carbocycles. The van der Waals surface area contributed by atoms with Gasteiger partial charge in [-0.25, -0.2) is 8.42 Å². The number of ether oxygens (including phenoxy) is 1. The van der Waals surface area contributed by atoms with Crippen molar-refractivity contribution >= 4 is 15.9 Å². The molecule has 0 aliphatic carbocycles. The van der Waals surface area contributed by atoms with E-state index >= 15 is 0 Å². The van der Waals surface area contributed by atoms with Gasteiger partial charge >= 0.3 is 0 Å². The standard InChI is InChI=1S/C15H21NO4S/c1-10(2)8-11(3)21(18,19)16-15(17)13-9-20-14-7-5-4-6-12(13)14/h4-7,10-11,13H,8-9H2,1-3H3,(H,16,17)/t11-,13-/m1/s1. The van der Waals surface area contributed by atoms with Gasteiger partial charge in [-0.15, -0.1) is 0 Å². The Balaban J connectivity index is 2.09. The van der Waals surface area contributed by atoms with E-state index in [0.29, 0.717) is 12.2 Å². The van der Waals surface area contributed by atoms with E-state index in [2.05, 4.69) is 4.72 Å². The number of hydrogen-bond acceptors (Lipinski definition) is 4. The first-order valence-electron chi connectivity index (χ1n) is 7.08. The predicted molar refractivity (Wildman–Crippen MR) is 80.7 cm³/mol. The number of nitrogens with one attached hydrogen (secondary N) is 1. The Hall–Kier alpha value is -1.56. The molecule has 1 amide bonds. The molecule has 2 atom stereocenters. The summed E-state index contributed by atoms with van der Waals surface area (Å²) in [5.74, 6) is -0.190. The second-order valence-corrected chi connectivity index (χ2v) is 7.95. The second kappa shape index (κ2) is 6.05. The lowest BCUT2D eigenvalue weighted by Crippen LogP contribution is -2.40. The van der Waals surface area contributed by atoms with E-state index in [4.69, 9.17) is 4.74 Å². The molecule has 1 heterocycles. The van der Waals surface area contributed by atoms with E-state index in [1.54, 1.807) is 19.1 Å². The SMILES string of the molecule is CC(C)C[C@@H](C)S(=O)(=O)NC(=O)[C@@H]1COc2ccccc21. The molecular formula is C15H21NO4S. The lowest BCUT2D eigenvalue weighted by atomic mass is 10.0. The summed E-state index contributed by atoms with van der Waals surface area (Å²) in [5.41, 5.74) is 0.738. The molecule has 0 saturated heterocycles. The summed E-state index contributed by atoms with van der Waals surface area (Å²) < 4.78 is 32.0. The molecule has 0 unspecified atom stereocenters. The first-order chi connectivity index (χ1) is 9.81. The fourth-order valence-electron chi connectivity index (χ4n) is 2.48. The fourth-order valence-corrected chi connectivity index (χ4v) is 3.74. The maximum Gasteiger partial charge on any atom is 0.244 e. The van der Waals surface area contributed by atoms with Gasteiger partial charge in [0.05, 0.1) is 5.25 Å². The Kier molecular flexibility index (Phi) is 4.56. The van der Waals surface area contributed by atoms with Crippen LogP contribution in [0, 0.1) is 5.92 Å². The minimum Gasteiger partial charge on any atom is -0.492 e. The largest absolute Gasteiger partial charge is 0.492 e. The van der Waals surface area contributed by atoms with Gasteiger partial charge in [0.25, 0.3) is 0 Å². The number of benzene rings is 1. The van der Waals surface area contributed by atoms with Crippen LogP contribution in [0.4, 0.5) is 0 Å². The van der Waals surface area contributed by atoms with E-state index in [1.807, 2.05) is 26.0 Å². The molecule has 6 heteroatoms. The van der Waals surface area contributed by atoms with Crippen molar-refractivity contribution in [1.82, 2.24) is 4.72 Å². The molecule has 0 radical (unpaired) electrons. The number of hydrogen-bond donors (Lipinski definition) is 1. The first kappa shape index (κ1) is 15.8. The lowest BCUT2D eigenvalue weighted by Gasteiger charge is -2.17. The topological polar surface area (TPSA) is 72.5 Å². The van der Waals surface area contributed by atoms with Crippen LogP contribution >= 0.6 is 0 Å². The van der Waals surface area contributed by atoms with Crippen molar-refractivity contribution in [3.05, 3.63) is 29.8 Å². The Labute approximate surface area is 125 Å². The van der Waals surface area contributed by atoms with Crippen LogP contribution in [0.1, 0.15) is 38.7 Å². The highest BCUT2D eigenvalue weighted by Gasteiger charge is 2.33. The maximum atomic E-state index is 12.2. The number of rotatable bonds is 5. The van der Waals surface area contributed by atoms with E-state index in [1.165, 1.54) is 0 Å². The molecule has 0 saturated carbocycles. The van der Waals surface area contributed by atoms with Crippen molar-refractivity contribution in [2.45, 2.75) is 38.4 Å². The van der Waals surface area contributed by atoms with E-state index < -0.39 is 27.1 Å². The van der Waals surface area contributed by atoms with Crippen molar-refractivity contribution in [2.75, 3.05) is 6.61 Å². The number of para-hydroxylation sites is 1. The molecule has 1 aliphatic rings. The van der Waals surface area contributed by atoms with Crippen LogP contribution in [0.2, 0.25) is 0 Å². The number of sulfonamides is 1. The van der Waals surface area contributed by atoms with Gasteiger partial charge in [0, 0.05) is 5.56 Å². The van der Waals surface area contributed by atoms with Gasteiger partial charge in [0.15, 0.2) is 0 Å². The third kappa shape index (κ3) is 3.56.